The van der Waals surface area contributed by atoms with Gasteiger partial charge in [0.25, 0.3) is 0 Å². The van der Waals surface area contributed by atoms with Crippen molar-refractivity contribution in [1.82, 2.24) is 5.32 Å². The molecule has 0 aromatic carbocycles. The molecule has 2 aliphatic rings. The van der Waals surface area contributed by atoms with Crippen LogP contribution in [-0.2, 0) is 9.47 Å². The van der Waals surface area contributed by atoms with Gasteiger partial charge >= 0.3 is 0 Å². The maximum absolute atomic E-state index is 6.23. The maximum Gasteiger partial charge on any atom is 0.0637 e. The van der Waals surface area contributed by atoms with E-state index in [0.29, 0.717) is 23.0 Å². The zero-order valence-corrected chi connectivity index (χ0v) is 14.7. The third kappa shape index (κ3) is 3.62. The van der Waals surface area contributed by atoms with Gasteiger partial charge < -0.3 is 14.8 Å². The summed E-state index contributed by atoms with van der Waals surface area (Å²) in [6.07, 6.45) is 5.90. The highest BCUT2D eigenvalue weighted by Gasteiger charge is 2.61. The molecule has 21 heavy (non-hydrogen) atoms. The maximum atomic E-state index is 6.23. The van der Waals surface area contributed by atoms with Crippen molar-refractivity contribution in [1.29, 1.82) is 0 Å². The summed E-state index contributed by atoms with van der Waals surface area (Å²) in [6, 6.07) is 0. The first kappa shape index (κ1) is 17.2. The van der Waals surface area contributed by atoms with E-state index in [1.165, 1.54) is 19.3 Å². The highest BCUT2D eigenvalue weighted by molar-refractivity contribution is 5.11. The normalized spacial score (nSPS) is 34.0. The number of ether oxygens (including phenoxy) is 2. The second-order valence-corrected chi connectivity index (χ2v) is 7.99. The average Bonchev–Trinajstić information content (AvgIpc) is 2.74. The lowest BCUT2D eigenvalue weighted by Gasteiger charge is -2.38. The zero-order chi connectivity index (χ0) is 15.5. The predicted octanol–water partition coefficient (Wildman–Crippen LogP) is 3.62. The van der Waals surface area contributed by atoms with Gasteiger partial charge in [0, 0.05) is 13.2 Å². The SMILES string of the molecule is CC(C)OCCCNCCOC1CC2CCC1(C)C2(C)C. The van der Waals surface area contributed by atoms with Gasteiger partial charge in [0.05, 0.1) is 18.8 Å². The molecule has 0 radical (unpaired) electrons. The highest BCUT2D eigenvalue weighted by atomic mass is 16.5. The van der Waals surface area contributed by atoms with Crippen LogP contribution in [0.4, 0.5) is 0 Å². The van der Waals surface area contributed by atoms with Gasteiger partial charge in [-0.1, -0.05) is 20.8 Å². The Morgan fingerprint density at radius 2 is 1.90 bits per heavy atom. The lowest BCUT2D eigenvalue weighted by molar-refractivity contribution is -0.0450. The number of hydrogen-bond acceptors (Lipinski definition) is 3. The molecule has 3 atom stereocenters. The molecule has 0 amide bonds. The number of fused-ring (bicyclic) bond motifs is 2. The van der Waals surface area contributed by atoms with Crippen molar-refractivity contribution in [2.45, 2.75) is 72.5 Å². The first-order valence-electron chi connectivity index (χ1n) is 8.82. The van der Waals surface area contributed by atoms with Gasteiger partial charge in [0.2, 0.25) is 0 Å². The fourth-order valence-corrected chi connectivity index (χ4v) is 4.30. The Labute approximate surface area is 131 Å². The molecule has 124 valence electrons. The summed E-state index contributed by atoms with van der Waals surface area (Å²) in [6.45, 7) is 15.2. The third-order valence-electron chi connectivity index (χ3n) is 6.26. The molecule has 2 fully saturated rings. The molecule has 2 rings (SSSR count). The van der Waals surface area contributed by atoms with E-state index in [0.717, 1.165) is 38.6 Å². The number of rotatable bonds is 9. The van der Waals surface area contributed by atoms with Crippen LogP contribution in [0.3, 0.4) is 0 Å². The van der Waals surface area contributed by atoms with E-state index < -0.39 is 0 Å². The third-order valence-corrected chi connectivity index (χ3v) is 6.26. The minimum Gasteiger partial charge on any atom is -0.379 e. The molecule has 2 aliphatic carbocycles. The summed E-state index contributed by atoms with van der Waals surface area (Å²) in [5, 5.41) is 3.46. The van der Waals surface area contributed by atoms with Crippen LogP contribution in [0.15, 0.2) is 0 Å². The molecule has 3 nitrogen and oxygen atoms in total. The van der Waals surface area contributed by atoms with E-state index in [1.54, 1.807) is 0 Å². The second kappa shape index (κ2) is 6.97. The Hall–Kier alpha value is -0.120. The van der Waals surface area contributed by atoms with Gasteiger partial charge in [-0.05, 0) is 62.8 Å². The highest BCUT2D eigenvalue weighted by Crippen LogP contribution is 2.66. The van der Waals surface area contributed by atoms with Crippen LogP contribution in [0.1, 0.15) is 60.3 Å². The molecule has 0 heterocycles. The van der Waals surface area contributed by atoms with Crippen molar-refractivity contribution in [3.05, 3.63) is 0 Å². The number of hydrogen-bond donors (Lipinski definition) is 1. The van der Waals surface area contributed by atoms with Crippen molar-refractivity contribution < 1.29 is 9.47 Å². The Bertz CT molecular complexity index is 329. The molecule has 0 aliphatic heterocycles. The predicted molar refractivity (Wildman–Crippen MR) is 87.5 cm³/mol. The molecule has 0 saturated heterocycles. The Morgan fingerprint density at radius 1 is 1.14 bits per heavy atom. The topological polar surface area (TPSA) is 30.5 Å². The Kier molecular flexibility index (Phi) is 5.72. The van der Waals surface area contributed by atoms with Gasteiger partial charge in [-0.15, -0.1) is 0 Å². The van der Waals surface area contributed by atoms with Crippen molar-refractivity contribution in [3.8, 4) is 0 Å². The summed E-state index contributed by atoms with van der Waals surface area (Å²) in [5.74, 6) is 0.869. The van der Waals surface area contributed by atoms with Crippen molar-refractivity contribution >= 4 is 0 Å². The molecule has 0 spiro atoms. The molecule has 1 N–H and O–H groups in total. The van der Waals surface area contributed by atoms with Crippen LogP contribution >= 0.6 is 0 Å². The van der Waals surface area contributed by atoms with E-state index in [1.807, 2.05) is 0 Å². The van der Waals surface area contributed by atoms with E-state index in [-0.39, 0.29) is 0 Å². The first-order valence-corrected chi connectivity index (χ1v) is 8.82. The molecule has 0 aromatic rings. The quantitative estimate of drug-likeness (QED) is 0.659. The summed E-state index contributed by atoms with van der Waals surface area (Å²) in [7, 11) is 0. The lowest BCUT2D eigenvalue weighted by Crippen LogP contribution is -2.38. The summed E-state index contributed by atoms with van der Waals surface area (Å²) >= 11 is 0. The van der Waals surface area contributed by atoms with E-state index in [4.69, 9.17) is 9.47 Å². The van der Waals surface area contributed by atoms with E-state index >= 15 is 0 Å². The average molecular weight is 297 g/mol. The second-order valence-electron chi connectivity index (χ2n) is 7.99. The van der Waals surface area contributed by atoms with Gasteiger partial charge in [-0.25, -0.2) is 0 Å². The molecule has 0 aromatic heterocycles. The van der Waals surface area contributed by atoms with E-state index in [2.05, 4.69) is 39.9 Å². The largest absolute Gasteiger partial charge is 0.379 e. The van der Waals surface area contributed by atoms with Gasteiger partial charge in [-0.3, -0.25) is 0 Å². The lowest BCUT2D eigenvalue weighted by atomic mass is 9.70. The molecular weight excluding hydrogens is 262 g/mol. The first-order chi connectivity index (χ1) is 9.88. The standard InChI is InChI=1S/C18H35NO2/c1-14(2)20-11-6-9-19-10-12-21-16-13-15-7-8-18(16,5)17(15,3)4/h14-16,19H,6-13H2,1-5H3. The van der Waals surface area contributed by atoms with Crippen molar-refractivity contribution in [2.24, 2.45) is 16.7 Å². The molecule has 3 heteroatoms. The van der Waals surface area contributed by atoms with Crippen LogP contribution < -0.4 is 5.32 Å². The van der Waals surface area contributed by atoms with Crippen LogP contribution in [0.5, 0.6) is 0 Å². The summed E-state index contributed by atoms with van der Waals surface area (Å²) in [5.41, 5.74) is 0.849. The Morgan fingerprint density at radius 3 is 2.48 bits per heavy atom. The summed E-state index contributed by atoms with van der Waals surface area (Å²) < 4.78 is 11.8. The van der Waals surface area contributed by atoms with Gasteiger partial charge in [0.1, 0.15) is 0 Å². The van der Waals surface area contributed by atoms with Crippen LogP contribution in [0.25, 0.3) is 0 Å². The minimum absolute atomic E-state index is 0.343. The Balaban J connectivity index is 1.56. The van der Waals surface area contributed by atoms with Crippen LogP contribution in [0, 0.1) is 16.7 Å². The fourth-order valence-electron chi connectivity index (χ4n) is 4.30. The molecular formula is C18H35NO2. The van der Waals surface area contributed by atoms with Crippen molar-refractivity contribution in [3.63, 3.8) is 0 Å². The number of nitrogens with one attached hydrogen (secondary N) is 1. The fraction of sp³-hybridized carbons (Fsp3) is 1.00. The molecule has 3 unspecified atom stereocenters. The monoisotopic (exact) mass is 297 g/mol. The van der Waals surface area contributed by atoms with Crippen LogP contribution in [-0.4, -0.2) is 38.5 Å². The van der Waals surface area contributed by atoms with Gasteiger partial charge in [0.15, 0.2) is 0 Å². The zero-order valence-electron chi connectivity index (χ0n) is 14.7. The van der Waals surface area contributed by atoms with Crippen molar-refractivity contribution in [2.75, 3.05) is 26.3 Å². The molecule has 2 bridgehead atoms. The van der Waals surface area contributed by atoms with Gasteiger partial charge in [-0.2, -0.15) is 0 Å². The smallest absolute Gasteiger partial charge is 0.0637 e. The summed E-state index contributed by atoms with van der Waals surface area (Å²) in [4.78, 5) is 0. The van der Waals surface area contributed by atoms with Crippen LogP contribution in [0.2, 0.25) is 0 Å². The molecule has 2 saturated carbocycles. The minimum atomic E-state index is 0.343. The van der Waals surface area contributed by atoms with E-state index in [9.17, 15) is 0 Å².